The molecule has 0 aliphatic rings. The zero-order chi connectivity index (χ0) is 22.5. The van der Waals surface area contributed by atoms with Gasteiger partial charge >= 0.3 is 11.9 Å². The van der Waals surface area contributed by atoms with Crippen molar-refractivity contribution in [2.45, 2.75) is 13.8 Å². The minimum atomic E-state index is -0.585. The molecule has 5 heteroatoms. The van der Waals surface area contributed by atoms with E-state index in [4.69, 9.17) is 9.47 Å². The number of para-hydroxylation sites is 2. The van der Waals surface area contributed by atoms with Gasteiger partial charge in [0.15, 0.2) is 0 Å². The van der Waals surface area contributed by atoms with Gasteiger partial charge < -0.3 is 9.47 Å². The fraction of sp³-hybridized carbons (Fsp3) is 0.0769. The Bertz CT molecular complexity index is 1190. The summed E-state index contributed by atoms with van der Waals surface area (Å²) in [6.45, 7) is 10.2. The van der Waals surface area contributed by atoms with Crippen molar-refractivity contribution in [1.82, 2.24) is 0 Å². The van der Waals surface area contributed by atoms with Gasteiger partial charge in [-0.3, -0.25) is 0 Å². The maximum Gasteiger partial charge on any atom is 0.338 e. The predicted molar refractivity (Wildman–Crippen MR) is 118 cm³/mol. The number of hydrogen-bond donors (Lipinski definition) is 0. The Balaban J connectivity index is 2.00. The number of rotatable bonds is 6. The van der Waals surface area contributed by atoms with Crippen LogP contribution in [0.3, 0.4) is 0 Å². The molecule has 0 aliphatic carbocycles. The Hall–Kier alpha value is -3.99. The number of esters is 2. The molecule has 3 rings (SSSR count). The Labute approximate surface area is 180 Å². The molecule has 0 unspecified atom stereocenters. The van der Waals surface area contributed by atoms with E-state index in [2.05, 4.69) is 13.2 Å². The highest BCUT2D eigenvalue weighted by Crippen LogP contribution is 2.36. The molecule has 0 fully saturated rings. The first-order valence-electron chi connectivity index (χ1n) is 9.51. The predicted octanol–water partition coefficient (Wildman–Crippen LogP) is 6.12. The first kappa shape index (κ1) is 21.7. The lowest BCUT2D eigenvalue weighted by Crippen LogP contribution is -2.09. The van der Waals surface area contributed by atoms with Crippen LogP contribution in [0.15, 0.2) is 91.0 Å². The van der Waals surface area contributed by atoms with E-state index in [1.807, 2.05) is 0 Å². The van der Waals surface area contributed by atoms with E-state index in [0.29, 0.717) is 22.4 Å². The molecule has 0 atom stereocenters. The number of carbonyl (C=O) groups excluding carboxylic acids is 2. The third-order valence-electron chi connectivity index (χ3n) is 4.45. The van der Waals surface area contributed by atoms with Crippen LogP contribution in [0.1, 0.15) is 13.8 Å². The first-order chi connectivity index (χ1) is 14.8. The number of hydrogen-bond acceptors (Lipinski definition) is 4. The molecule has 156 valence electrons. The van der Waals surface area contributed by atoms with Crippen molar-refractivity contribution in [2.24, 2.45) is 0 Å². The van der Waals surface area contributed by atoms with Crippen molar-refractivity contribution < 1.29 is 23.5 Å². The highest BCUT2D eigenvalue weighted by atomic mass is 19.1. The molecular weight excluding hydrogens is 395 g/mol. The van der Waals surface area contributed by atoms with Crippen LogP contribution in [0.5, 0.6) is 11.5 Å². The molecule has 0 saturated heterocycles. The molecule has 4 nitrogen and oxygen atoms in total. The minimum absolute atomic E-state index is 0.234. The van der Waals surface area contributed by atoms with Gasteiger partial charge in [0.05, 0.1) is 0 Å². The van der Waals surface area contributed by atoms with Gasteiger partial charge in [-0.2, -0.15) is 0 Å². The van der Waals surface area contributed by atoms with Crippen molar-refractivity contribution in [3.05, 3.63) is 96.9 Å². The van der Waals surface area contributed by atoms with Crippen molar-refractivity contribution in [3.63, 3.8) is 0 Å². The molecule has 0 aromatic heterocycles. The molecule has 31 heavy (non-hydrogen) atoms. The summed E-state index contributed by atoms with van der Waals surface area (Å²) in [6, 6.07) is 18.2. The van der Waals surface area contributed by atoms with Crippen molar-refractivity contribution in [2.75, 3.05) is 0 Å². The second-order valence-corrected chi connectivity index (χ2v) is 7.03. The number of halogens is 1. The van der Waals surface area contributed by atoms with Crippen LogP contribution in [0.2, 0.25) is 0 Å². The minimum Gasteiger partial charge on any atom is -0.423 e. The Morgan fingerprint density at radius 3 is 1.71 bits per heavy atom. The number of ether oxygens (including phenoxy) is 2. The van der Waals surface area contributed by atoms with Crippen LogP contribution >= 0.6 is 0 Å². The van der Waals surface area contributed by atoms with Gasteiger partial charge in [-0.05, 0) is 37.6 Å². The molecule has 0 heterocycles. The molecule has 3 aromatic carbocycles. The summed E-state index contributed by atoms with van der Waals surface area (Å²) in [7, 11) is 0. The molecule has 3 aromatic rings. The van der Waals surface area contributed by atoms with Gasteiger partial charge in [0.1, 0.15) is 17.3 Å². The van der Waals surface area contributed by atoms with Gasteiger partial charge in [0.2, 0.25) is 0 Å². The lowest BCUT2D eigenvalue weighted by atomic mass is 9.98. The Kier molecular flexibility index (Phi) is 6.46. The lowest BCUT2D eigenvalue weighted by molar-refractivity contribution is -0.130. The monoisotopic (exact) mass is 416 g/mol. The van der Waals surface area contributed by atoms with Crippen molar-refractivity contribution >= 4 is 11.9 Å². The Morgan fingerprint density at radius 2 is 1.19 bits per heavy atom. The van der Waals surface area contributed by atoms with E-state index in [1.165, 1.54) is 6.07 Å². The topological polar surface area (TPSA) is 52.6 Å². The molecular formula is C26H21FO4. The van der Waals surface area contributed by atoms with Crippen molar-refractivity contribution in [1.29, 1.82) is 0 Å². The summed E-state index contributed by atoms with van der Waals surface area (Å²) in [4.78, 5) is 23.9. The third kappa shape index (κ3) is 4.95. The van der Waals surface area contributed by atoms with Crippen molar-refractivity contribution in [3.8, 4) is 33.8 Å². The van der Waals surface area contributed by atoms with Crippen LogP contribution in [0.4, 0.5) is 4.39 Å². The average molecular weight is 416 g/mol. The van der Waals surface area contributed by atoms with Gasteiger partial charge in [0, 0.05) is 27.8 Å². The first-order valence-corrected chi connectivity index (χ1v) is 9.51. The summed E-state index contributed by atoms with van der Waals surface area (Å²) in [5.41, 5.74) is 2.30. The van der Waals surface area contributed by atoms with E-state index in [-0.39, 0.29) is 22.5 Å². The largest absolute Gasteiger partial charge is 0.423 e. The third-order valence-corrected chi connectivity index (χ3v) is 4.45. The van der Waals surface area contributed by atoms with Crippen LogP contribution in [-0.4, -0.2) is 11.9 Å². The van der Waals surface area contributed by atoms with Gasteiger partial charge in [-0.25, -0.2) is 14.0 Å². The lowest BCUT2D eigenvalue weighted by Gasteiger charge is -2.13. The molecule has 0 radical (unpaired) electrons. The summed E-state index contributed by atoms with van der Waals surface area (Å²) >= 11 is 0. The maximum absolute atomic E-state index is 15.1. The van der Waals surface area contributed by atoms with E-state index in [9.17, 15) is 9.59 Å². The second kappa shape index (κ2) is 9.22. The second-order valence-electron chi connectivity index (χ2n) is 7.03. The SMILES string of the molecule is C=C(C)C(=O)Oc1ccccc1-c1ccc(-c2ccccc2OC(=O)C(=C)C)c(F)c1. The molecule has 0 amide bonds. The normalized spacial score (nSPS) is 10.3. The standard InChI is InChI=1S/C26H21FO4/c1-16(2)25(28)30-23-11-7-5-9-19(23)18-13-14-20(22(27)15-18)21-10-6-8-12-24(21)31-26(29)17(3)4/h5-15H,1,3H2,2,4H3. The molecule has 0 aliphatic heterocycles. The zero-order valence-electron chi connectivity index (χ0n) is 17.3. The summed E-state index contributed by atoms with van der Waals surface area (Å²) in [5, 5.41) is 0. The molecule has 0 bridgehead atoms. The number of benzene rings is 3. The Morgan fingerprint density at radius 1 is 0.710 bits per heavy atom. The quantitative estimate of drug-likeness (QED) is 0.276. The van der Waals surface area contributed by atoms with Crippen LogP contribution < -0.4 is 9.47 Å². The molecule has 0 spiro atoms. The summed E-state index contributed by atoms with van der Waals surface area (Å²) < 4.78 is 25.9. The average Bonchev–Trinajstić information content (AvgIpc) is 2.74. The fourth-order valence-electron chi connectivity index (χ4n) is 2.85. The van der Waals surface area contributed by atoms with E-state index in [1.54, 1.807) is 74.5 Å². The van der Waals surface area contributed by atoms with Gasteiger partial charge in [-0.1, -0.05) is 61.7 Å². The number of carbonyl (C=O) groups is 2. The van der Waals surface area contributed by atoms with Gasteiger partial charge in [0.25, 0.3) is 0 Å². The highest BCUT2D eigenvalue weighted by Gasteiger charge is 2.16. The maximum atomic E-state index is 15.1. The van der Waals surface area contributed by atoms with Crippen LogP contribution in [-0.2, 0) is 9.59 Å². The zero-order valence-corrected chi connectivity index (χ0v) is 17.3. The smallest absolute Gasteiger partial charge is 0.338 e. The summed E-state index contributed by atoms with van der Waals surface area (Å²) in [5.74, 6) is -1.12. The van der Waals surface area contributed by atoms with E-state index >= 15 is 4.39 Å². The summed E-state index contributed by atoms with van der Waals surface area (Å²) in [6.07, 6.45) is 0. The highest BCUT2D eigenvalue weighted by molar-refractivity contribution is 5.91. The molecule has 0 N–H and O–H groups in total. The van der Waals surface area contributed by atoms with E-state index < -0.39 is 17.8 Å². The van der Waals surface area contributed by atoms with E-state index in [0.717, 1.165) is 0 Å². The van der Waals surface area contributed by atoms with Gasteiger partial charge in [-0.15, -0.1) is 0 Å². The molecule has 0 saturated carbocycles. The fourth-order valence-corrected chi connectivity index (χ4v) is 2.85. The van der Waals surface area contributed by atoms with Crippen LogP contribution in [0, 0.1) is 5.82 Å². The van der Waals surface area contributed by atoms with Crippen LogP contribution in [0.25, 0.3) is 22.3 Å².